The molecule has 0 aliphatic heterocycles. The van der Waals surface area contributed by atoms with Gasteiger partial charge in [0.05, 0.1) is 17.8 Å². The summed E-state index contributed by atoms with van der Waals surface area (Å²) < 4.78 is 6.17. The molecule has 2 aromatic rings. The van der Waals surface area contributed by atoms with Crippen LogP contribution in [0.1, 0.15) is 0 Å². The third kappa shape index (κ3) is 3.00. The summed E-state index contributed by atoms with van der Waals surface area (Å²) in [6.45, 7) is 0. The van der Waals surface area contributed by atoms with E-state index in [9.17, 15) is 0 Å². The standard InChI is InChI=1S/C13H12ClIN2O/c1-18-13-5-3-9(7-10(13)14)17-12-4-2-8(16)6-11(12)15/h2-7,17H,16H2,1H3. The number of benzene rings is 2. The Morgan fingerprint density at radius 2 is 2.00 bits per heavy atom. The lowest BCUT2D eigenvalue weighted by Crippen LogP contribution is -1.95. The Labute approximate surface area is 124 Å². The van der Waals surface area contributed by atoms with Crippen molar-refractivity contribution in [3.63, 3.8) is 0 Å². The van der Waals surface area contributed by atoms with Crippen LogP contribution in [-0.4, -0.2) is 7.11 Å². The van der Waals surface area contributed by atoms with Crippen LogP contribution in [0.5, 0.6) is 5.75 Å². The third-order valence-corrected chi connectivity index (χ3v) is 3.61. The number of anilines is 3. The summed E-state index contributed by atoms with van der Waals surface area (Å²) in [6.07, 6.45) is 0. The van der Waals surface area contributed by atoms with Crippen molar-refractivity contribution in [2.75, 3.05) is 18.2 Å². The molecule has 2 aromatic carbocycles. The first-order valence-corrected chi connectivity index (χ1v) is 6.71. The molecule has 0 saturated carbocycles. The quantitative estimate of drug-likeness (QED) is 0.623. The van der Waals surface area contributed by atoms with E-state index in [0.717, 1.165) is 20.6 Å². The predicted molar refractivity (Wildman–Crippen MR) is 84.9 cm³/mol. The van der Waals surface area contributed by atoms with Crippen molar-refractivity contribution in [3.8, 4) is 5.75 Å². The van der Waals surface area contributed by atoms with Gasteiger partial charge in [0.15, 0.2) is 0 Å². The molecule has 0 atom stereocenters. The van der Waals surface area contributed by atoms with Gasteiger partial charge in [-0.1, -0.05) is 11.6 Å². The minimum absolute atomic E-state index is 0.577. The number of hydrogen-bond acceptors (Lipinski definition) is 3. The highest BCUT2D eigenvalue weighted by atomic mass is 127. The zero-order chi connectivity index (χ0) is 13.1. The van der Waals surface area contributed by atoms with Gasteiger partial charge >= 0.3 is 0 Å². The highest BCUT2D eigenvalue weighted by Crippen LogP contribution is 2.30. The molecule has 0 saturated heterocycles. The Kier molecular flexibility index (Phi) is 4.19. The topological polar surface area (TPSA) is 47.3 Å². The van der Waals surface area contributed by atoms with E-state index in [1.807, 2.05) is 36.4 Å². The second kappa shape index (κ2) is 5.67. The molecule has 0 aliphatic carbocycles. The second-order valence-corrected chi connectivity index (χ2v) is 5.28. The summed E-state index contributed by atoms with van der Waals surface area (Å²) in [6, 6.07) is 11.3. The third-order valence-electron chi connectivity index (χ3n) is 2.42. The van der Waals surface area contributed by atoms with Gasteiger partial charge in [-0.3, -0.25) is 0 Å². The van der Waals surface area contributed by atoms with Gasteiger partial charge in [-0.25, -0.2) is 0 Å². The Morgan fingerprint density at radius 3 is 2.61 bits per heavy atom. The zero-order valence-corrected chi connectivity index (χ0v) is 12.6. The Balaban J connectivity index is 2.26. The van der Waals surface area contributed by atoms with Crippen molar-refractivity contribution in [2.24, 2.45) is 0 Å². The molecule has 18 heavy (non-hydrogen) atoms. The fraction of sp³-hybridized carbons (Fsp3) is 0.0769. The van der Waals surface area contributed by atoms with E-state index in [1.165, 1.54) is 0 Å². The number of methoxy groups -OCH3 is 1. The maximum atomic E-state index is 6.07. The second-order valence-electron chi connectivity index (χ2n) is 3.71. The van der Waals surface area contributed by atoms with Crippen LogP contribution in [-0.2, 0) is 0 Å². The first-order chi connectivity index (χ1) is 8.60. The van der Waals surface area contributed by atoms with Crippen LogP contribution in [0.3, 0.4) is 0 Å². The van der Waals surface area contributed by atoms with Crippen LogP contribution >= 0.6 is 34.2 Å². The normalized spacial score (nSPS) is 10.2. The molecule has 0 bridgehead atoms. The van der Waals surface area contributed by atoms with Gasteiger partial charge in [0, 0.05) is 14.9 Å². The van der Waals surface area contributed by atoms with E-state index in [0.29, 0.717) is 10.8 Å². The molecular formula is C13H12ClIN2O. The van der Waals surface area contributed by atoms with E-state index < -0.39 is 0 Å². The van der Waals surface area contributed by atoms with Crippen LogP contribution < -0.4 is 15.8 Å². The van der Waals surface area contributed by atoms with Crippen LogP contribution in [0.15, 0.2) is 36.4 Å². The summed E-state index contributed by atoms with van der Waals surface area (Å²) >= 11 is 8.31. The summed E-state index contributed by atoms with van der Waals surface area (Å²) in [4.78, 5) is 0. The molecule has 0 aromatic heterocycles. The van der Waals surface area contributed by atoms with E-state index >= 15 is 0 Å². The fourth-order valence-electron chi connectivity index (χ4n) is 1.53. The zero-order valence-electron chi connectivity index (χ0n) is 9.71. The maximum absolute atomic E-state index is 6.07. The summed E-state index contributed by atoms with van der Waals surface area (Å²) in [5.41, 5.74) is 8.36. The molecule has 0 spiro atoms. The van der Waals surface area contributed by atoms with E-state index in [4.69, 9.17) is 22.1 Å². The number of ether oxygens (including phenoxy) is 1. The maximum Gasteiger partial charge on any atom is 0.137 e. The number of halogens is 2. The molecule has 94 valence electrons. The van der Waals surface area contributed by atoms with Crippen molar-refractivity contribution in [2.45, 2.75) is 0 Å². The molecule has 3 nitrogen and oxygen atoms in total. The molecule has 0 amide bonds. The van der Waals surface area contributed by atoms with Crippen molar-refractivity contribution >= 4 is 51.3 Å². The highest BCUT2D eigenvalue weighted by Gasteiger charge is 2.04. The van der Waals surface area contributed by atoms with Crippen LogP contribution in [0.4, 0.5) is 17.1 Å². The number of nitrogens with one attached hydrogen (secondary N) is 1. The number of hydrogen-bond donors (Lipinski definition) is 2. The van der Waals surface area contributed by atoms with Gasteiger partial charge < -0.3 is 15.8 Å². The summed E-state index contributed by atoms with van der Waals surface area (Å²) in [7, 11) is 1.59. The minimum atomic E-state index is 0.577. The molecular weight excluding hydrogens is 363 g/mol. The SMILES string of the molecule is COc1ccc(Nc2ccc(N)cc2I)cc1Cl. The summed E-state index contributed by atoms with van der Waals surface area (Å²) in [5.74, 6) is 0.661. The van der Waals surface area contributed by atoms with Crippen LogP contribution in [0.2, 0.25) is 5.02 Å². The smallest absolute Gasteiger partial charge is 0.137 e. The lowest BCUT2D eigenvalue weighted by atomic mass is 10.2. The average Bonchev–Trinajstić information content (AvgIpc) is 2.33. The molecule has 0 heterocycles. The number of rotatable bonds is 3. The van der Waals surface area contributed by atoms with Crippen molar-refractivity contribution in [3.05, 3.63) is 45.0 Å². The van der Waals surface area contributed by atoms with E-state index in [2.05, 4.69) is 27.9 Å². The fourth-order valence-corrected chi connectivity index (χ4v) is 2.46. The molecule has 2 rings (SSSR count). The molecule has 0 aliphatic rings. The molecule has 0 fully saturated rings. The monoisotopic (exact) mass is 374 g/mol. The van der Waals surface area contributed by atoms with Gasteiger partial charge in [-0.15, -0.1) is 0 Å². The van der Waals surface area contributed by atoms with Gasteiger partial charge in [-0.2, -0.15) is 0 Å². The van der Waals surface area contributed by atoms with Gasteiger partial charge in [-0.05, 0) is 59.0 Å². The van der Waals surface area contributed by atoms with Gasteiger partial charge in [0.1, 0.15) is 5.75 Å². The van der Waals surface area contributed by atoms with Gasteiger partial charge in [0.2, 0.25) is 0 Å². The van der Waals surface area contributed by atoms with Crippen LogP contribution in [0.25, 0.3) is 0 Å². The average molecular weight is 375 g/mol. The number of nitrogens with two attached hydrogens (primary N) is 1. The first kappa shape index (κ1) is 13.3. The van der Waals surface area contributed by atoms with Crippen molar-refractivity contribution < 1.29 is 4.74 Å². The Hall–Kier alpha value is -1.14. The molecule has 0 unspecified atom stereocenters. The Morgan fingerprint density at radius 1 is 1.22 bits per heavy atom. The van der Waals surface area contributed by atoms with E-state index in [-0.39, 0.29) is 0 Å². The van der Waals surface area contributed by atoms with E-state index in [1.54, 1.807) is 7.11 Å². The van der Waals surface area contributed by atoms with Gasteiger partial charge in [0.25, 0.3) is 0 Å². The molecule has 5 heteroatoms. The van der Waals surface area contributed by atoms with Crippen molar-refractivity contribution in [1.82, 2.24) is 0 Å². The predicted octanol–water partition coefficient (Wildman–Crippen LogP) is 4.28. The molecule has 0 radical (unpaired) electrons. The first-order valence-electron chi connectivity index (χ1n) is 5.26. The summed E-state index contributed by atoms with van der Waals surface area (Å²) in [5, 5.41) is 3.87. The van der Waals surface area contributed by atoms with Crippen LogP contribution in [0, 0.1) is 3.57 Å². The van der Waals surface area contributed by atoms with Crippen molar-refractivity contribution in [1.29, 1.82) is 0 Å². The minimum Gasteiger partial charge on any atom is -0.495 e. The largest absolute Gasteiger partial charge is 0.495 e. The lowest BCUT2D eigenvalue weighted by molar-refractivity contribution is 0.415. The number of nitrogen functional groups attached to an aromatic ring is 1. The lowest BCUT2D eigenvalue weighted by Gasteiger charge is -2.11. The Bertz CT molecular complexity index is 575. The molecule has 3 N–H and O–H groups in total. The highest BCUT2D eigenvalue weighted by molar-refractivity contribution is 14.1.